The van der Waals surface area contributed by atoms with E-state index in [2.05, 4.69) is 6.92 Å². The molecule has 0 aliphatic carbocycles. The largest absolute Gasteiger partial charge is 0.618 e. The lowest BCUT2D eigenvalue weighted by Crippen LogP contribution is -2.26. The van der Waals surface area contributed by atoms with E-state index in [0.717, 1.165) is 22.6 Å². The lowest BCUT2D eigenvalue weighted by molar-refractivity contribution is -0.608. The van der Waals surface area contributed by atoms with Crippen molar-refractivity contribution in [1.82, 2.24) is 0 Å². The number of thiazole rings is 1. The standard InChI is InChI=1S/C11H19NOS/c1-2-3-4-5-6-7-8-11-12(13)9-10-14-11/h9-10H,2-8H2,1H3. The first-order chi connectivity index (χ1) is 6.84. The molecule has 0 radical (unpaired) electrons. The molecule has 14 heavy (non-hydrogen) atoms. The van der Waals surface area contributed by atoms with E-state index < -0.39 is 0 Å². The minimum Gasteiger partial charge on any atom is -0.618 e. The van der Waals surface area contributed by atoms with Crippen LogP contribution in [0, 0.1) is 5.21 Å². The normalized spacial score (nSPS) is 10.6. The van der Waals surface area contributed by atoms with Crippen molar-refractivity contribution >= 4 is 11.3 Å². The monoisotopic (exact) mass is 213 g/mol. The van der Waals surface area contributed by atoms with Crippen LogP contribution >= 0.6 is 11.3 Å². The van der Waals surface area contributed by atoms with Gasteiger partial charge >= 0.3 is 0 Å². The molecule has 0 saturated heterocycles. The van der Waals surface area contributed by atoms with Gasteiger partial charge in [0.1, 0.15) is 0 Å². The van der Waals surface area contributed by atoms with Crippen LogP contribution < -0.4 is 4.73 Å². The quantitative estimate of drug-likeness (QED) is 0.388. The maximum Gasteiger partial charge on any atom is 0.248 e. The Hall–Kier alpha value is -0.570. The van der Waals surface area contributed by atoms with Crippen molar-refractivity contribution in [2.75, 3.05) is 0 Å². The third-order valence-electron chi connectivity index (χ3n) is 2.39. The van der Waals surface area contributed by atoms with Crippen LogP contribution in [0.15, 0.2) is 11.6 Å². The Bertz CT molecular complexity index is 247. The number of hydrogen-bond donors (Lipinski definition) is 0. The molecule has 1 rings (SSSR count). The maximum absolute atomic E-state index is 11.1. The molecule has 1 heterocycles. The molecule has 0 spiro atoms. The van der Waals surface area contributed by atoms with Gasteiger partial charge in [-0.2, -0.15) is 4.73 Å². The second kappa shape index (κ2) is 6.82. The van der Waals surface area contributed by atoms with E-state index in [-0.39, 0.29) is 0 Å². The van der Waals surface area contributed by atoms with Gasteiger partial charge in [-0.25, -0.2) is 0 Å². The molecule has 0 aliphatic heterocycles. The molecular weight excluding hydrogens is 194 g/mol. The summed E-state index contributed by atoms with van der Waals surface area (Å²) in [5, 5.41) is 13.9. The molecule has 0 fully saturated rings. The zero-order valence-corrected chi connectivity index (χ0v) is 9.68. The van der Waals surface area contributed by atoms with Gasteiger partial charge < -0.3 is 5.21 Å². The van der Waals surface area contributed by atoms with Crippen molar-refractivity contribution in [2.45, 2.75) is 51.9 Å². The van der Waals surface area contributed by atoms with Gasteiger partial charge in [0.25, 0.3) is 0 Å². The Kier molecular flexibility index (Phi) is 5.60. The second-order valence-corrected chi connectivity index (χ2v) is 4.62. The van der Waals surface area contributed by atoms with Crippen molar-refractivity contribution in [3.05, 3.63) is 21.8 Å². The number of aryl methyl sites for hydroxylation is 1. The first kappa shape index (κ1) is 11.5. The molecule has 1 aromatic heterocycles. The summed E-state index contributed by atoms with van der Waals surface area (Å²) in [7, 11) is 0. The number of unbranched alkanes of at least 4 members (excludes halogenated alkanes) is 5. The van der Waals surface area contributed by atoms with Crippen LogP contribution in [0.4, 0.5) is 0 Å². The highest BCUT2D eigenvalue weighted by Gasteiger charge is 2.04. The molecule has 0 amide bonds. The van der Waals surface area contributed by atoms with Gasteiger partial charge in [0.05, 0.1) is 5.38 Å². The van der Waals surface area contributed by atoms with Crippen LogP contribution in [0.5, 0.6) is 0 Å². The third-order valence-corrected chi connectivity index (χ3v) is 3.30. The highest BCUT2D eigenvalue weighted by molar-refractivity contribution is 7.09. The molecule has 0 saturated carbocycles. The number of nitrogens with zero attached hydrogens (tertiary/aromatic N) is 1. The van der Waals surface area contributed by atoms with E-state index in [4.69, 9.17) is 0 Å². The molecule has 3 heteroatoms. The van der Waals surface area contributed by atoms with Gasteiger partial charge in [0.15, 0.2) is 6.20 Å². The van der Waals surface area contributed by atoms with E-state index in [0.29, 0.717) is 0 Å². The lowest BCUT2D eigenvalue weighted by Gasteiger charge is -1.99. The van der Waals surface area contributed by atoms with E-state index in [9.17, 15) is 5.21 Å². The Morgan fingerprint density at radius 1 is 1.21 bits per heavy atom. The molecule has 0 aliphatic rings. The number of aromatic nitrogens is 1. The fourth-order valence-electron chi connectivity index (χ4n) is 1.52. The summed E-state index contributed by atoms with van der Waals surface area (Å²) >= 11 is 1.57. The molecule has 1 aromatic rings. The van der Waals surface area contributed by atoms with Crippen molar-refractivity contribution in [3.63, 3.8) is 0 Å². The van der Waals surface area contributed by atoms with E-state index in [1.54, 1.807) is 17.5 Å². The average molecular weight is 213 g/mol. The smallest absolute Gasteiger partial charge is 0.248 e. The summed E-state index contributed by atoms with van der Waals surface area (Å²) in [6.07, 6.45) is 10.3. The summed E-state index contributed by atoms with van der Waals surface area (Å²) in [5.74, 6) is 0. The van der Waals surface area contributed by atoms with E-state index in [1.807, 2.05) is 5.38 Å². The van der Waals surface area contributed by atoms with Gasteiger partial charge in [-0.1, -0.05) is 50.4 Å². The van der Waals surface area contributed by atoms with Crippen LogP contribution in [0.2, 0.25) is 0 Å². The van der Waals surface area contributed by atoms with E-state index >= 15 is 0 Å². The lowest BCUT2D eigenvalue weighted by atomic mass is 10.1. The number of rotatable bonds is 7. The predicted molar refractivity (Wildman–Crippen MR) is 60.4 cm³/mol. The van der Waals surface area contributed by atoms with Gasteiger partial charge in [-0.05, 0) is 6.42 Å². The van der Waals surface area contributed by atoms with Crippen LogP contribution in [-0.2, 0) is 6.42 Å². The minimum absolute atomic E-state index is 0.952. The number of hydrogen-bond acceptors (Lipinski definition) is 2. The van der Waals surface area contributed by atoms with Crippen molar-refractivity contribution in [3.8, 4) is 0 Å². The fraction of sp³-hybridized carbons (Fsp3) is 0.727. The summed E-state index contributed by atoms with van der Waals surface area (Å²) in [6.45, 7) is 2.23. The zero-order valence-electron chi connectivity index (χ0n) is 8.87. The Balaban J connectivity index is 2.02. The van der Waals surface area contributed by atoms with Crippen LogP contribution in [0.3, 0.4) is 0 Å². The first-order valence-corrected chi connectivity index (χ1v) is 6.38. The molecule has 0 atom stereocenters. The Morgan fingerprint density at radius 3 is 2.57 bits per heavy atom. The van der Waals surface area contributed by atoms with Gasteiger partial charge in [0, 0.05) is 6.42 Å². The highest BCUT2D eigenvalue weighted by Crippen LogP contribution is 2.10. The second-order valence-electron chi connectivity index (χ2n) is 3.64. The first-order valence-electron chi connectivity index (χ1n) is 5.50. The topological polar surface area (TPSA) is 26.9 Å². The molecular formula is C11H19NOS. The predicted octanol–water partition coefficient (Wildman–Crippen LogP) is 3.28. The third kappa shape index (κ3) is 4.09. The van der Waals surface area contributed by atoms with Crippen molar-refractivity contribution in [2.24, 2.45) is 0 Å². The molecule has 0 N–H and O–H groups in total. The maximum atomic E-state index is 11.1. The summed E-state index contributed by atoms with van der Waals surface area (Å²) < 4.78 is 0.997. The molecule has 2 nitrogen and oxygen atoms in total. The van der Waals surface area contributed by atoms with Crippen LogP contribution in [-0.4, -0.2) is 0 Å². The fourth-order valence-corrected chi connectivity index (χ4v) is 2.28. The average Bonchev–Trinajstić information content (AvgIpc) is 2.58. The van der Waals surface area contributed by atoms with Crippen LogP contribution in [0.25, 0.3) is 0 Å². The highest BCUT2D eigenvalue weighted by atomic mass is 32.1. The summed E-state index contributed by atoms with van der Waals surface area (Å²) in [6, 6.07) is 0. The van der Waals surface area contributed by atoms with Crippen molar-refractivity contribution < 1.29 is 4.73 Å². The molecule has 0 aromatic carbocycles. The SMILES string of the molecule is CCCCCCCCc1scc[n+]1[O-]. The zero-order chi connectivity index (χ0) is 10.2. The van der Waals surface area contributed by atoms with Gasteiger partial charge in [-0.15, -0.1) is 0 Å². The summed E-state index contributed by atoms with van der Waals surface area (Å²) in [4.78, 5) is 0. The van der Waals surface area contributed by atoms with Crippen LogP contribution in [0.1, 0.15) is 50.5 Å². The molecule has 80 valence electrons. The van der Waals surface area contributed by atoms with Crippen molar-refractivity contribution in [1.29, 1.82) is 0 Å². The van der Waals surface area contributed by atoms with Gasteiger partial charge in [0.2, 0.25) is 5.01 Å². The van der Waals surface area contributed by atoms with E-state index in [1.165, 1.54) is 32.1 Å². The minimum atomic E-state index is 0.952. The molecule has 0 unspecified atom stereocenters. The van der Waals surface area contributed by atoms with Gasteiger partial charge in [-0.3, -0.25) is 0 Å². The molecule has 0 bridgehead atoms. The summed E-state index contributed by atoms with van der Waals surface area (Å²) in [5.41, 5.74) is 0. The Morgan fingerprint density at radius 2 is 1.93 bits per heavy atom. The Labute approximate surface area is 90.2 Å².